The van der Waals surface area contributed by atoms with Crippen molar-refractivity contribution in [2.24, 2.45) is 5.92 Å². The molecule has 0 radical (unpaired) electrons. The van der Waals surface area contributed by atoms with Crippen molar-refractivity contribution in [3.63, 3.8) is 0 Å². The van der Waals surface area contributed by atoms with Crippen LogP contribution in [0, 0.1) is 5.92 Å². The highest BCUT2D eigenvalue weighted by Crippen LogP contribution is 2.34. The van der Waals surface area contributed by atoms with E-state index in [9.17, 15) is 0 Å². The number of para-hydroxylation sites is 1. The first kappa shape index (κ1) is 15.0. The molecule has 0 aromatic heterocycles. The molecule has 0 amide bonds. The number of hydrogen-bond acceptors (Lipinski definition) is 3. The SMILES string of the molecule is Cl.c1ccc2c(c1)SCCCN2CC1CCNCC1. The van der Waals surface area contributed by atoms with Gasteiger partial charge in [-0.25, -0.2) is 0 Å². The van der Waals surface area contributed by atoms with Crippen molar-refractivity contribution in [2.45, 2.75) is 24.2 Å². The summed E-state index contributed by atoms with van der Waals surface area (Å²) in [5.41, 5.74) is 1.47. The van der Waals surface area contributed by atoms with Gasteiger partial charge in [-0.2, -0.15) is 0 Å². The van der Waals surface area contributed by atoms with Gasteiger partial charge in [0.25, 0.3) is 0 Å². The van der Waals surface area contributed by atoms with Crippen molar-refractivity contribution < 1.29 is 0 Å². The molecule has 3 rings (SSSR count). The summed E-state index contributed by atoms with van der Waals surface area (Å²) >= 11 is 2.02. The van der Waals surface area contributed by atoms with E-state index in [1.807, 2.05) is 11.8 Å². The Morgan fingerprint density at radius 3 is 2.84 bits per heavy atom. The van der Waals surface area contributed by atoms with E-state index in [2.05, 4.69) is 34.5 Å². The summed E-state index contributed by atoms with van der Waals surface area (Å²) in [6.07, 6.45) is 3.99. The number of nitrogens with zero attached hydrogens (tertiary/aromatic N) is 1. The molecule has 2 aliphatic heterocycles. The van der Waals surface area contributed by atoms with Crippen LogP contribution in [-0.2, 0) is 0 Å². The zero-order valence-corrected chi connectivity index (χ0v) is 12.9. The fourth-order valence-corrected chi connectivity index (χ4v) is 3.98. The average molecular weight is 299 g/mol. The van der Waals surface area contributed by atoms with Crippen molar-refractivity contribution in [2.75, 3.05) is 36.8 Å². The Hall–Kier alpha value is -0.380. The summed E-state index contributed by atoms with van der Waals surface area (Å²) in [6, 6.07) is 8.93. The fourth-order valence-electron chi connectivity index (χ4n) is 2.96. The van der Waals surface area contributed by atoms with Gasteiger partial charge >= 0.3 is 0 Å². The molecule has 4 heteroatoms. The maximum Gasteiger partial charge on any atom is 0.0504 e. The first-order valence-electron chi connectivity index (χ1n) is 7.11. The molecular formula is C15H23ClN2S. The Balaban J connectivity index is 0.00000133. The van der Waals surface area contributed by atoms with Gasteiger partial charge in [-0.1, -0.05) is 12.1 Å². The summed E-state index contributed by atoms with van der Waals surface area (Å²) in [5.74, 6) is 2.14. The van der Waals surface area contributed by atoms with Gasteiger partial charge in [-0.15, -0.1) is 24.2 Å². The van der Waals surface area contributed by atoms with Crippen LogP contribution in [-0.4, -0.2) is 31.9 Å². The Labute approximate surface area is 126 Å². The molecule has 2 heterocycles. The molecule has 0 aliphatic carbocycles. The molecule has 2 aliphatic rings. The number of rotatable bonds is 2. The molecule has 2 nitrogen and oxygen atoms in total. The summed E-state index contributed by atoms with van der Waals surface area (Å²) in [5, 5.41) is 3.46. The molecule has 1 saturated heterocycles. The van der Waals surface area contributed by atoms with Gasteiger partial charge in [-0.05, 0) is 56.2 Å². The lowest BCUT2D eigenvalue weighted by molar-refractivity contribution is 0.373. The van der Waals surface area contributed by atoms with Crippen molar-refractivity contribution in [1.29, 1.82) is 0 Å². The molecule has 1 aromatic carbocycles. The highest BCUT2D eigenvalue weighted by atomic mass is 35.5. The number of nitrogens with one attached hydrogen (secondary N) is 1. The Kier molecular flexibility index (Phi) is 5.86. The van der Waals surface area contributed by atoms with Crippen LogP contribution in [0.4, 0.5) is 5.69 Å². The molecule has 106 valence electrons. The smallest absolute Gasteiger partial charge is 0.0504 e. The van der Waals surface area contributed by atoms with E-state index >= 15 is 0 Å². The molecule has 0 unspecified atom stereocenters. The molecule has 1 N–H and O–H groups in total. The highest BCUT2D eigenvalue weighted by Gasteiger charge is 2.20. The summed E-state index contributed by atoms with van der Waals surface area (Å²) in [6.45, 7) is 4.89. The maximum atomic E-state index is 3.46. The molecule has 1 aromatic rings. The first-order chi connectivity index (χ1) is 8.93. The van der Waals surface area contributed by atoms with E-state index in [-0.39, 0.29) is 12.4 Å². The van der Waals surface area contributed by atoms with E-state index in [4.69, 9.17) is 0 Å². The van der Waals surface area contributed by atoms with Gasteiger partial charge < -0.3 is 10.2 Å². The molecule has 0 saturated carbocycles. The number of fused-ring (bicyclic) bond motifs is 1. The van der Waals surface area contributed by atoms with E-state index in [1.54, 1.807) is 0 Å². The normalized spacial score (nSPS) is 20.3. The van der Waals surface area contributed by atoms with Crippen molar-refractivity contribution in [1.82, 2.24) is 5.32 Å². The van der Waals surface area contributed by atoms with E-state index in [0.29, 0.717) is 0 Å². The van der Waals surface area contributed by atoms with Crippen LogP contribution < -0.4 is 10.2 Å². The summed E-state index contributed by atoms with van der Waals surface area (Å²) in [4.78, 5) is 4.11. The van der Waals surface area contributed by atoms with Crippen LogP contribution in [0.2, 0.25) is 0 Å². The monoisotopic (exact) mass is 298 g/mol. The average Bonchev–Trinajstić information content (AvgIpc) is 2.63. The van der Waals surface area contributed by atoms with E-state index in [1.165, 1.54) is 61.8 Å². The zero-order valence-electron chi connectivity index (χ0n) is 11.3. The lowest BCUT2D eigenvalue weighted by Gasteiger charge is -2.31. The van der Waals surface area contributed by atoms with E-state index < -0.39 is 0 Å². The summed E-state index contributed by atoms with van der Waals surface area (Å²) < 4.78 is 0. The molecule has 0 spiro atoms. The van der Waals surface area contributed by atoms with Gasteiger partial charge in [0.1, 0.15) is 0 Å². The second-order valence-corrected chi connectivity index (χ2v) is 6.45. The third-order valence-corrected chi connectivity index (χ3v) is 5.12. The van der Waals surface area contributed by atoms with Gasteiger partial charge in [0.15, 0.2) is 0 Å². The maximum absolute atomic E-state index is 3.46. The molecule has 1 fully saturated rings. The fraction of sp³-hybridized carbons (Fsp3) is 0.600. The largest absolute Gasteiger partial charge is 0.370 e. The number of hydrogen-bond donors (Lipinski definition) is 1. The summed E-state index contributed by atoms with van der Waals surface area (Å²) in [7, 11) is 0. The van der Waals surface area contributed by atoms with Crippen LogP contribution in [0.3, 0.4) is 0 Å². The second kappa shape index (κ2) is 7.41. The third-order valence-electron chi connectivity index (χ3n) is 3.97. The minimum Gasteiger partial charge on any atom is -0.370 e. The Morgan fingerprint density at radius 2 is 2.00 bits per heavy atom. The number of benzene rings is 1. The van der Waals surface area contributed by atoms with Gasteiger partial charge in [0.2, 0.25) is 0 Å². The van der Waals surface area contributed by atoms with Crippen molar-refractivity contribution >= 4 is 29.9 Å². The Morgan fingerprint density at radius 1 is 1.21 bits per heavy atom. The van der Waals surface area contributed by atoms with Gasteiger partial charge in [0.05, 0.1) is 5.69 Å². The molecule has 0 bridgehead atoms. The highest BCUT2D eigenvalue weighted by molar-refractivity contribution is 7.99. The van der Waals surface area contributed by atoms with Gasteiger partial charge in [0, 0.05) is 18.0 Å². The second-order valence-electron chi connectivity index (χ2n) is 5.31. The van der Waals surface area contributed by atoms with Crippen LogP contribution in [0.5, 0.6) is 0 Å². The minimum absolute atomic E-state index is 0. The first-order valence-corrected chi connectivity index (χ1v) is 8.09. The molecular weight excluding hydrogens is 276 g/mol. The lowest BCUT2D eigenvalue weighted by atomic mass is 9.97. The Bertz CT molecular complexity index is 393. The topological polar surface area (TPSA) is 15.3 Å². The standard InChI is InChI=1S/C15H22N2S.ClH/c1-2-5-15-14(4-1)17(10-3-11-18-15)12-13-6-8-16-9-7-13;/h1-2,4-5,13,16H,3,6-12H2;1H. The lowest BCUT2D eigenvalue weighted by Crippen LogP contribution is -2.36. The number of halogens is 1. The predicted molar refractivity (Wildman–Crippen MR) is 86.8 cm³/mol. The minimum atomic E-state index is 0. The number of anilines is 1. The van der Waals surface area contributed by atoms with Crippen LogP contribution in [0.1, 0.15) is 19.3 Å². The molecule has 0 atom stereocenters. The van der Waals surface area contributed by atoms with Crippen LogP contribution in [0.25, 0.3) is 0 Å². The van der Waals surface area contributed by atoms with Crippen molar-refractivity contribution in [3.05, 3.63) is 24.3 Å². The molecule has 19 heavy (non-hydrogen) atoms. The zero-order chi connectivity index (χ0) is 12.2. The van der Waals surface area contributed by atoms with Crippen LogP contribution in [0.15, 0.2) is 29.2 Å². The number of thioether (sulfide) groups is 1. The predicted octanol–water partition coefficient (Wildman–Crippen LogP) is 3.41. The number of piperidine rings is 1. The quantitative estimate of drug-likeness (QED) is 0.901. The van der Waals surface area contributed by atoms with Crippen molar-refractivity contribution in [3.8, 4) is 0 Å². The van der Waals surface area contributed by atoms with Gasteiger partial charge in [-0.3, -0.25) is 0 Å². The van der Waals surface area contributed by atoms with Crippen LogP contribution >= 0.6 is 24.2 Å². The third kappa shape index (κ3) is 3.80. The van der Waals surface area contributed by atoms with E-state index in [0.717, 1.165) is 5.92 Å².